The van der Waals surface area contributed by atoms with Crippen LogP contribution in [-0.4, -0.2) is 45.4 Å². The molecule has 138 valence electrons. The van der Waals surface area contributed by atoms with Crippen LogP contribution in [0.25, 0.3) is 0 Å². The number of carbonyl (C=O) groups is 1. The van der Waals surface area contributed by atoms with E-state index in [0.29, 0.717) is 35.2 Å². The van der Waals surface area contributed by atoms with Gasteiger partial charge in [0.2, 0.25) is 12.7 Å². The zero-order valence-electron chi connectivity index (χ0n) is 15.1. The number of hydrogen-bond acceptors (Lipinski definition) is 6. The van der Waals surface area contributed by atoms with E-state index in [1.54, 1.807) is 32.4 Å². The first kappa shape index (κ1) is 17.9. The van der Waals surface area contributed by atoms with E-state index in [9.17, 15) is 4.79 Å². The van der Waals surface area contributed by atoms with Gasteiger partial charge in [-0.05, 0) is 36.9 Å². The van der Waals surface area contributed by atoms with Crippen molar-refractivity contribution < 1.29 is 23.7 Å². The van der Waals surface area contributed by atoms with Gasteiger partial charge in [-0.15, -0.1) is 0 Å². The van der Waals surface area contributed by atoms with Crippen molar-refractivity contribution in [2.45, 2.75) is 6.54 Å². The van der Waals surface area contributed by atoms with E-state index in [2.05, 4.69) is 5.32 Å². The number of methoxy groups -OCH3 is 2. The zero-order valence-corrected chi connectivity index (χ0v) is 15.1. The number of hydrogen-bond donors (Lipinski definition) is 1. The summed E-state index contributed by atoms with van der Waals surface area (Å²) in [6.07, 6.45) is 0. The summed E-state index contributed by atoms with van der Waals surface area (Å²) in [5.41, 5.74) is 1.71. The monoisotopic (exact) mass is 358 g/mol. The molecule has 7 nitrogen and oxygen atoms in total. The molecule has 0 bridgehead atoms. The lowest BCUT2D eigenvalue weighted by atomic mass is 10.2. The number of nitrogens with one attached hydrogen (secondary N) is 1. The minimum absolute atomic E-state index is 0.105. The second kappa shape index (κ2) is 7.97. The third kappa shape index (κ3) is 4.18. The van der Waals surface area contributed by atoms with Crippen LogP contribution in [0.4, 0.5) is 5.69 Å². The third-order valence-electron chi connectivity index (χ3n) is 3.97. The number of amides is 1. The highest BCUT2D eigenvalue weighted by atomic mass is 16.7. The van der Waals surface area contributed by atoms with Crippen LogP contribution in [0.15, 0.2) is 36.4 Å². The zero-order chi connectivity index (χ0) is 18.5. The molecule has 0 spiro atoms. The van der Waals surface area contributed by atoms with Gasteiger partial charge in [0.05, 0.1) is 20.8 Å². The second-order valence-corrected chi connectivity index (χ2v) is 5.98. The fraction of sp³-hybridized carbons (Fsp3) is 0.316. The lowest BCUT2D eigenvalue weighted by Crippen LogP contribution is -2.29. The van der Waals surface area contributed by atoms with Crippen LogP contribution in [0, 0.1) is 0 Å². The number of anilines is 1. The van der Waals surface area contributed by atoms with Crippen molar-refractivity contribution >= 4 is 11.6 Å². The number of ether oxygens (including phenoxy) is 4. The van der Waals surface area contributed by atoms with E-state index in [-0.39, 0.29) is 19.2 Å². The van der Waals surface area contributed by atoms with Crippen LogP contribution in [0.5, 0.6) is 23.0 Å². The van der Waals surface area contributed by atoms with E-state index in [4.69, 9.17) is 18.9 Å². The Morgan fingerprint density at radius 2 is 1.85 bits per heavy atom. The van der Waals surface area contributed by atoms with E-state index >= 15 is 0 Å². The molecule has 1 N–H and O–H groups in total. The molecule has 1 amide bonds. The first-order chi connectivity index (χ1) is 12.6. The number of nitrogens with zero attached hydrogens (tertiary/aromatic N) is 1. The Hall–Kier alpha value is -2.93. The largest absolute Gasteiger partial charge is 0.493 e. The summed E-state index contributed by atoms with van der Waals surface area (Å²) < 4.78 is 21.1. The average Bonchev–Trinajstić information content (AvgIpc) is 3.09. The van der Waals surface area contributed by atoms with Gasteiger partial charge in [0, 0.05) is 18.3 Å². The lowest BCUT2D eigenvalue weighted by molar-refractivity contribution is -0.117. The fourth-order valence-electron chi connectivity index (χ4n) is 2.77. The molecule has 1 aliphatic heterocycles. The van der Waals surface area contributed by atoms with Crippen LogP contribution in [0.1, 0.15) is 5.56 Å². The van der Waals surface area contributed by atoms with E-state index in [1.165, 1.54) is 0 Å². The SMILES string of the molecule is COc1ccc(CN(C)CC(=O)Nc2ccc3c(c2)OCO3)cc1OC. The van der Waals surface area contributed by atoms with Gasteiger partial charge in [0.1, 0.15) is 0 Å². The van der Waals surface area contributed by atoms with Crippen molar-refractivity contribution in [3.63, 3.8) is 0 Å². The van der Waals surface area contributed by atoms with Crippen LogP contribution in [-0.2, 0) is 11.3 Å². The Morgan fingerprint density at radius 3 is 2.62 bits per heavy atom. The van der Waals surface area contributed by atoms with Crippen molar-refractivity contribution in [3.8, 4) is 23.0 Å². The Balaban J connectivity index is 1.56. The summed E-state index contributed by atoms with van der Waals surface area (Å²) in [4.78, 5) is 14.2. The van der Waals surface area contributed by atoms with Crippen molar-refractivity contribution in [3.05, 3.63) is 42.0 Å². The first-order valence-electron chi connectivity index (χ1n) is 8.18. The number of benzene rings is 2. The maximum absolute atomic E-state index is 12.3. The Kier molecular flexibility index (Phi) is 5.48. The van der Waals surface area contributed by atoms with E-state index in [0.717, 1.165) is 5.56 Å². The quantitative estimate of drug-likeness (QED) is 0.820. The minimum Gasteiger partial charge on any atom is -0.493 e. The normalized spacial score (nSPS) is 12.2. The highest BCUT2D eigenvalue weighted by Gasteiger charge is 2.15. The highest BCUT2D eigenvalue weighted by molar-refractivity contribution is 5.92. The highest BCUT2D eigenvalue weighted by Crippen LogP contribution is 2.34. The molecule has 3 rings (SSSR count). The number of carbonyl (C=O) groups excluding carboxylic acids is 1. The Labute approximate surface area is 152 Å². The smallest absolute Gasteiger partial charge is 0.238 e. The molecule has 7 heteroatoms. The van der Waals surface area contributed by atoms with Crippen molar-refractivity contribution in [1.82, 2.24) is 4.90 Å². The average molecular weight is 358 g/mol. The number of likely N-dealkylation sites (N-methyl/N-ethyl adjacent to an activating group) is 1. The summed E-state index contributed by atoms with van der Waals surface area (Å²) in [5.74, 6) is 2.57. The van der Waals surface area contributed by atoms with Crippen LogP contribution < -0.4 is 24.3 Å². The molecule has 0 atom stereocenters. The van der Waals surface area contributed by atoms with Gasteiger partial charge in [0.25, 0.3) is 0 Å². The van der Waals surface area contributed by atoms with E-state index in [1.807, 2.05) is 30.1 Å². The van der Waals surface area contributed by atoms with Gasteiger partial charge in [-0.1, -0.05) is 6.07 Å². The summed E-state index contributed by atoms with van der Waals surface area (Å²) in [6.45, 7) is 1.07. The molecule has 0 unspecified atom stereocenters. The molecule has 0 saturated heterocycles. The molecule has 0 saturated carbocycles. The van der Waals surface area contributed by atoms with Gasteiger partial charge >= 0.3 is 0 Å². The summed E-state index contributed by atoms with van der Waals surface area (Å²) in [7, 11) is 5.09. The van der Waals surface area contributed by atoms with Crippen LogP contribution >= 0.6 is 0 Å². The van der Waals surface area contributed by atoms with Gasteiger partial charge < -0.3 is 24.3 Å². The predicted octanol–water partition coefficient (Wildman–Crippen LogP) is 2.50. The number of fused-ring (bicyclic) bond motifs is 1. The predicted molar refractivity (Wildman–Crippen MR) is 97.1 cm³/mol. The minimum atomic E-state index is -0.105. The Morgan fingerprint density at radius 1 is 1.08 bits per heavy atom. The van der Waals surface area contributed by atoms with Crippen molar-refractivity contribution in [2.75, 3.05) is 39.9 Å². The fourth-order valence-corrected chi connectivity index (χ4v) is 2.77. The molecule has 2 aromatic carbocycles. The summed E-state index contributed by atoms with van der Waals surface area (Å²) in [5, 5.41) is 2.87. The summed E-state index contributed by atoms with van der Waals surface area (Å²) >= 11 is 0. The van der Waals surface area contributed by atoms with Crippen molar-refractivity contribution in [1.29, 1.82) is 0 Å². The molecular weight excluding hydrogens is 336 g/mol. The molecule has 26 heavy (non-hydrogen) atoms. The maximum Gasteiger partial charge on any atom is 0.238 e. The molecular formula is C19H22N2O5. The van der Waals surface area contributed by atoms with Crippen LogP contribution in [0.3, 0.4) is 0 Å². The molecule has 1 heterocycles. The van der Waals surface area contributed by atoms with Gasteiger partial charge in [-0.3, -0.25) is 9.69 Å². The molecule has 0 fully saturated rings. The number of rotatable bonds is 7. The Bertz CT molecular complexity index is 793. The molecule has 1 aliphatic rings. The first-order valence-corrected chi connectivity index (χ1v) is 8.18. The van der Waals surface area contributed by atoms with Gasteiger partial charge in [-0.2, -0.15) is 0 Å². The van der Waals surface area contributed by atoms with Gasteiger partial charge in [-0.25, -0.2) is 0 Å². The lowest BCUT2D eigenvalue weighted by Gasteiger charge is -2.17. The second-order valence-electron chi connectivity index (χ2n) is 5.98. The van der Waals surface area contributed by atoms with Crippen LogP contribution in [0.2, 0.25) is 0 Å². The standard InChI is InChI=1S/C19H22N2O5/c1-21(10-13-4-6-15(23-2)17(8-13)24-3)11-19(22)20-14-5-7-16-18(9-14)26-12-25-16/h4-9H,10-12H2,1-3H3,(H,20,22). The van der Waals surface area contributed by atoms with Gasteiger partial charge in [0.15, 0.2) is 23.0 Å². The molecule has 0 aliphatic carbocycles. The maximum atomic E-state index is 12.3. The summed E-state index contributed by atoms with van der Waals surface area (Å²) in [6, 6.07) is 11.0. The molecule has 2 aromatic rings. The topological polar surface area (TPSA) is 69.3 Å². The molecule has 0 aromatic heterocycles. The molecule has 0 radical (unpaired) electrons. The van der Waals surface area contributed by atoms with Crippen molar-refractivity contribution in [2.24, 2.45) is 0 Å². The van der Waals surface area contributed by atoms with E-state index < -0.39 is 0 Å². The third-order valence-corrected chi connectivity index (χ3v) is 3.97.